The summed E-state index contributed by atoms with van der Waals surface area (Å²) in [6, 6.07) is 5.16. The van der Waals surface area contributed by atoms with Crippen LogP contribution in [-0.2, 0) is 9.59 Å². The SMILES string of the molecule is NC(=O)CC1C(=O)N(C2CN3CCC2CC3)c2ccc(O)cc21. The Morgan fingerprint density at radius 2 is 2.04 bits per heavy atom. The van der Waals surface area contributed by atoms with Crippen molar-refractivity contribution < 1.29 is 14.7 Å². The fraction of sp³-hybridized carbons (Fsp3) is 0.529. The molecular weight excluding hydrogens is 294 g/mol. The smallest absolute Gasteiger partial charge is 0.235 e. The summed E-state index contributed by atoms with van der Waals surface area (Å²) in [7, 11) is 0. The van der Waals surface area contributed by atoms with Crippen LogP contribution >= 0.6 is 0 Å². The van der Waals surface area contributed by atoms with Gasteiger partial charge >= 0.3 is 0 Å². The Morgan fingerprint density at radius 1 is 1.30 bits per heavy atom. The van der Waals surface area contributed by atoms with Crippen molar-refractivity contribution in [1.29, 1.82) is 0 Å². The van der Waals surface area contributed by atoms with Crippen LogP contribution in [-0.4, -0.2) is 47.5 Å². The third kappa shape index (κ3) is 2.28. The Kier molecular flexibility index (Phi) is 3.30. The topological polar surface area (TPSA) is 86.9 Å². The van der Waals surface area contributed by atoms with Gasteiger partial charge in [-0.2, -0.15) is 0 Å². The number of carbonyl (C=O) groups excluding carboxylic acids is 2. The van der Waals surface area contributed by atoms with Gasteiger partial charge < -0.3 is 20.6 Å². The molecule has 3 saturated heterocycles. The highest BCUT2D eigenvalue weighted by Crippen LogP contribution is 2.45. The minimum Gasteiger partial charge on any atom is -0.508 e. The number of nitrogens with two attached hydrogens (primary N) is 1. The Bertz CT molecular complexity index is 667. The zero-order valence-electron chi connectivity index (χ0n) is 12.9. The molecule has 122 valence electrons. The first kappa shape index (κ1) is 14.5. The zero-order valence-corrected chi connectivity index (χ0v) is 12.9. The molecule has 2 unspecified atom stereocenters. The summed E-state index contributed by atoms with van der Waals surface area (Å²) in [5, 5.41) is 9.78. The molecule has 3 N–H and O–H groups in total. The fourth-order valence-corrected chi connectivity index (χ4v) is 4.43. The van der Waals surface area contributed by atoms with Crippen LogP contribution in [0.3, 0.4) is 0 Å². The summed E-state index contributed by atoms with van der Waals surface area (Å²) >= 11 is 0. The van der Waals surface area contributed by atoms with Crippen LogP contribution in [0.1, 0.15) is 30.7 Å². The summed E-state index contributed by atoms with van der Waals surface area (Å²) in [5.74, 6) is -0.485. The highest BCUT2D eigenvalue weighted by Gasteiger charge is 2.46. The number of rotatable bonds is 3. The van der Waals surface area contributed by atoms with E-state index < -0.39 is 11.8 Å². The molecule has 2 bridgehead atoms. The summed E-state index contributed by atoms with van der Waals surface area (Å²) in [6.45, 7) is 3.10. The Morgan fingerprint density at radius 3 is 2.65 bits per heavy atom. The predicted octanol–water partition coefficient (Wildman–Crippen LogP) is 0.792. The molecule has 0 spiro atoms. The number of aromatic hydroxyl groups is 1. The molecule has 2 amide bonds. The maximum absolute atomic E-state index is 13.0. The molecule has 2 atom stereocenters. The number of hydrogen-bond donors (Lipinski definition) is 2. The molecule has 6 heteroatoms. The molecule has 4 aliphatic rings. The third-order valence-electron chi connectivity index (χ3n) is 5.54. The lowest BCUT2D eigenvalue weighted by molar-refractivity contribution is -0.125. The normalized spacial score (nSPS) is 32.2. The number of fused-ring (bicyclic) bond motifs is 4. The third-order valence-corrected chi connectivity index (χ3v) is 5.54. The molecule has 5 rings (SSSR count). The van der Waals surface area contributed by atoms with Crippen molar-refractivity contribution in [2.24, 2.45) is 11.7 Å². The summed E-state index contributed by atoms with van der Waals surface area (Å²) in [6.07, 6.45) is 2.22. The molecule has 0 radical (unpaired) electrons. The Hall–Kier alpha value is -2.08. The molecule has 1 aromatic rings. The van der Waals surface area contributed by atoms with Gasteiger partial charge in [0, 0.05) is 18.7 Å². The van der Waals surface area contributed by atoms with Gasteiger partial charge in [0.15, 0.2) is 0 Å². The van der Waals surface area contributed by atoms with E-state index in [2.05, 4.69) is 4.90 Å². The van der Waals surface area contributed by atoms with Gasteiger partial charge in [-0.1, -0.05) is 0 Å². The zero-order chi connectivity index (χ0) is 16.1. The van der Waals surface area contributed by atoms with Gasteiger partial charge in [-0.3, -0.25) is 9.59 Å². The maximum atomic E-state index is 13.0. The molecule has 4 heterocycles. The molecule has 4 aliphatic heterocycles. The van der Waals surface area contributed by atoms with Crippen LogP contribution in [0.25, 0.3) is 0 Å². The molecule has 0 aromatic heterocycles. The van der Waals surface area contributed by atoms with Crippen molar-refractivity contribution in [3.05, 3.63) is 23.8 Å². The van der Waals surface area contributed by atoms with Gasteiger partial charge in [0.05, 0.1) is 12.0 Å². The second-order valence-corrected chi connectivity index (χ2v) is 6.88. The van der Waals surface area contributed by atoms with E-state index >= 15 is 0 Å². The molecular formula is C17H21N3O3. The highest BCUT2D eigenvalue weighted by molar-refractivity contribution is 6.07. The largest absolute Gasteiger partial charge is 0.508 e. The molecule has 23 heavy (non-hydrogen) atoms. The highest BCUT2D eigenvalue weighted by atomic mass is 16.3. The Balaban J connectivity index is 1.73. The Labute approximate surface area is 134 Å². The van der Waals surface area contributed by atoms with Crippen LogP contribution < -0.4 is 10.6 Å². The van der Waals surface area contributed by atoms with Gasteiger partial charge in [0.1, 0.15) is 5.75 Å². The number of primary amides is 1. The predicted molar refractivity (Wildman–Crippen MR) is 85.1 cm³/mol. The number of amides is 2. The lowest BCUT2D eigenvalue weighted by Crippen LogP contribution is -2.58. The van der Waals surface area contributed by atoms with E-state index in [4.69, 9.17) is 5.73 Å². The minimum absolute atomic E-state index is 0.00706. The van der Waals surface area contributed by atoms with Gasteiger partial charge in [-0.15, -0.1) is 0 Å². The van der Waals surface area contributed by atoms with E-state index in [9.17, 15) is 14.7 Å². The number of phenolic OH excluding ortho intramolecular Hbond substituents is 1. The molecule has 3 fully saturated rings. The number of benzene rings is 1. The maximum Gasteiger partial charge on any atom is 0.235 e. The van der Waals surface area contributed by atoms with Crippen LogP contribution in [0.4, 0.5) is 5.69 Å². The number of hydrogen-bond acceptors (Lipinski definition) is 4. The van der Waals surface area contributed by atoms with Crippen molar-refractivity contribution >= 4 is 17.5 Å². The molecule has 0 saturated carbocycles. The number of piperidine rings is 3. The molecule has 0 aliphatic carbocycles. The number of phenols is 1. The number of nitrogens with zero attached hydrogens (tertiary/aromatic N) is 2. The quantitative estimate of drug-likeness (QED) is 0.863. The summed E-state index contributed by atoms with van der Waals surface area (Å²) < 4.78 is 0. The van der Waals surface area contributed by atoms with Crippen molar-refractivity contribution in [1.82, 2.24) is 4.90 Å². The number of anilines is 1. The lowest BCUT2D eigenvalue weighted by Gasteiger charge is -2.48. The molecule has 6 nitrogen and oxygen atoms in total. The van der Waals surface area contributed by atoms with E-state index in [0.717, 1.165) is 43.7 Å². The van der Waals surface area contributed by atoms with E-state index in [1.54, 1.807) is 18.2 Å². The van der Waals surface area contributed by atoms with E-state index in [1.165, 1.54) is 0 Å². The van der Waals surface area contributed by atoms with Crippen LogP contribution in [0.5, 0.6) is 5.75 Å². The van der Waals surface area contributed by atoms with E-state index in [-0.39, 0.29) is 24.1 Å². The first-order valence-corrected chi connectivity index (χ1v) is 8.21. The van der Waals surface area contributed by atoms with Crippen molar-refractivity contribution in [3.8, 4) is 5.75 Å². The van der Waals surface area contributed by atoms with E-state index in [0.29, 0.717) is 5.92 Å². The first-order chi connectivity index (χ1) is 11.0. The molecule has 1 aromatic carbocycles. The van der Waals surface area contributed by atoms with Crippen molar-refractivity contribution in [2.75, 3.05) is 24.5 Å². The lowest BCUT2D eigenvalue weighted by atomic mass is 9.83. The van der Waals surface area contributed by atoms with Gasteiger partial charge in [0.2, 0.25) is 11.8 Å². The summed E-state index contributed by atoms with van der Waals surface area (Å²) in [4.78, 5) is 28.7. The average Bonchev–Trinajstić information content (AvgIpc) is 2.80. The standard InChI is InChI=1S/C17H21N3O3/c18-16(22)8-13-12-7-11(21)1-2-14(12)20(17(13)23)15-9-19-5-3-10(15)4-6-19/h1-2,7,10,13,15,21H,3-6,8-9H2,(H2,18,22). The van der Waals surface area contributed by atoms with Crippen LogP contribution in [0.2, 0.25) is 0 Å². The minimum atomic E-state index is -0.565. The average molecular weight is 315 g/mol. The van der Waals surface area contributed by atoms with Crippen molar-refractivity contribution in [3.63, 3.8) is 0 Å². The second kappa shape index (κ2) is 5.23. The first-order valence-electron chi connectivity index (χ1n) is 8.21. The monoisotopic (exact) mass is 315 g/mol. The van der Waals surface area contributed by atoms with Crippen LogP contribution in [0, 0.1) is 5.92 Å². The second-order valence-electron chi connectivity index (χ2n) is 6.88. The van der Waals surface area contributed by atoms with Gasteiger partial charge in [-0.25, -0.2) is 0 Å². The number of carbonyl (C=O) groups is 2. The van der Waals surface area contributed by atoms with Crippen LogP contribution in [0.15, 0.2) is 18.2 Å². The van der Waals surface area contributed by atoms with Gasteiger partial charge in [-0.05, 0) is 55.6 Å². The summed E-state index contributed by atoms with van der Waals surface area (Å²) in [5.41, 5.74) is 6.89. The van der Waals surface area contributed by atoms with Gasteiger partial charge in [0.25, 0.3) is 0 Å². The van der Waals surface area contributed by atoms with Crippen molar-refractivity contribution in [2.45, 2.75) is 31.2 Å². The fourth-order valence-electron chi connectivity index (χ4n) is 4.43. The van der Waals surface area contributed by atoms with E-state index in [1.807, 2.05) is 4.90 Å².